The van der Waals surface area contributed by atoms with Crippen molar-refractivity contribution in [3.05, 3.63) is 47.8 Å². The lowest BCUT2D eigenvalue weighted by Crippen LogP contribution is -2.42. The summed E-state index contributed by atoms with van der Waals surface area (Å²) >= 11 is 0. The summed E-state index contributed by atoms with van der Waals surface area (Å²) in [5, 5.41) is 8.31. The van der Waals surface area contributed by atoms with Gasteiger partial charge < -0.3 is 21.4 Å². The first kappa shape index (κ1) is 16.9. The predicted octanol–water partition coefficient (Wildman–Crippen LogP) is 4.61. The molecule has 0 bridgehead atoms. The lowest BCUT2D eigenvalue weighted by Gasteiger charge is -2.30. The Morgan fingerprint density at radius 3 is 2.77 bits per heavy atom. The standard InChI is InChI=1S/C21H27N5/c1-13-9-14(2)24-21(10-13)26-20-12-15(11-19-16(20)7-8-23-19)25-18-6-4-3-5-17(18)22/h7-12,17-18,23,25H,3-6,22H2,1-2H3,(H,24,26)/t17-,18+/m0/s1. The van der Waals surface area contributed by atoms with Crippen LogP contribution in [0.4, 0.5) is 17.2 Å². The Bertz CT molecular complexity index is 894. The number of aromatic nitrogens is 2. The average molecular weight is 349 g/mol. The second kappa shape index (κ2) is 7.00. The van der Waals surface area contributed by atoms with E-state index in [1.165, 1.54) is 18.4 Å². The molecule has 0 unspecified atom stereocenters. The van der Waals surface area contributed by atoms with E-state index < -0.39 is 0 Å². The Morgan fingerprint density at radius 2 is 1.96 bits per heavy atom. The summed E-state index contributed by atoms with van der Waals surface area (Å²) in [5.41, 5.74) is 11.8. The molecule has 3 aromatic rings. The second-order valence-electron chi connectivity index (χ2n) is 7.46. The van der Waals surface area contributed by atoms with Gasteiger partial charge in [0.05, 0.1) is 5.69 Å². The molecule has 5 heteroatoms. The van der Waals surface area contributed by atoms with Crippen molar-refractivity contribution in [1.29, 1.82) is 0 Å². The van der Waals surface area contributed by atoms with Crippen LogP contribution in [0.3, 0.4) is 0 Å². The van der Waals surface area contributed by atoms with Crippen molar-refractivity contribution in [2.45, 2.75) is 51.6 Å². The highest BCUT2D eigenvalue weighted by Gasteiger charge is 2.21. The number of aryl methyl sites for hydroxylation is 2. The zero-order valence-corrected chi connectivity index (χ0v) is 15.5. The summed E-state index contributed by atoms with van der Waals surface area (Å²) in [5.74, 6) is 0.872. The highest BCUT2D eigenvalue weighted by molar-refractivity contribution is 5.96. The number of nitrogens with zero attached hydrogens (tertiary/aromatic N) is 1. The first-order valence-corrected chi connectivity index (χ1v) is 9.44. The van der Waals surface area contributed by atoms with Gasteiger partial charge in [0.15, 0.2) is 0 Å². The Labute approximate surface area is 154 Å². The minimum Gasteiger partial charge on any atom is -0.381 e. The van der Waals surface area contributed by atoms with Crippen molar-refractivity contribution >= 4 is 28.1 Å². The molecule has 26 heavy (non-hydrogen) atoms. The van der Waals surface area contributed by atoms with Crippen molar-refractivity contribution in [2.75, 3.05) is 10.6 Å². The molecule has 136 valence electrons. The van der Waals surface area contributed by atoms with Gasteiger partial charge in [-0.3, -0.25) is 0 Å². The van der Waals surface area contributed by atoms with Gasteiger partial charge in [0.1, 0.15) is 5.82 Å². The van der Waals surface area contributed by atoms with Crippen molar-refractivity contribution in [2.24, 2.45) is 5.73 Å². The van der Waals surface area contributed by atoms with Gasteiger partial charge in [-0.15, -0.1) is 0 Å². The van der Waals surface area contributed by atoms with Crippen LogP contribution < -0.4 is 16.4 Å². The number of aromatic amines is 1. The molecule has 1 aliphatic rings. The van der Waals surface area contributed by atoms with Gasteiger partial charge in [-0.05, 0) is 62.6 Å². The Hall–Kier alpha value is -2.53. The van der Waals surface area contributed by atoms with E-state index in [1.54, 1.807) is 0 Å². The number of H-pyrrole nitrogens is 1. The maximum absolute atomic E-state index is 6.32. The number of benzene rings is 1. The Kier molecular flexibility index (Phi) is 4.55. The van der Waals surface area contributed by atoms with Crippen LogP contribution in [0, 0.1) is 13.8 Å². The molecule has 1 aliphatic carbocycles. The highest BCUT2D eigenvalue weighted by Crippen LogP contribution is 2.31. The van der Waals surface area contributed by atoms with Gasteiger partial charge in [0.25, 0.3) is 0 Å². The van der Waals surface area contributed by atoms with Crippen LogP contribution in [0.1, 0.15) is 36.9 Å². The molecule has 0 saturated heterocycles. The molecular weight excluding hydrogens is 322 g/mol. The number of nitrogens with two attached hydrogens (primary N) is 1. The SMILES string of the molecule is Cc1cc(C)nc(Nc2cc(N[C@@H]3CCCC[C@@H]3N)cc3[nH]ccc23)c1. The molecule has 5 N–H and O–H groups in total. The van der Waals surface area contributed by atoms with E-state index in [0.29, 0.717) is 6.04 Å². The first-order valence-electron chi connectivity index (χ1n) is 9.44. The molecule has 4 rings (SSSR count). The van der Waals surface area contributed by atoms with Crippen LogP contribution in [-0.2, 0) is 0 Å². The van der Waals surface area contributed by atoms with Crippen molar-refractivity contribution in [3.63, 3.8) is 0 Å². The van der Waals surface area contributed by atoms with E-state index in [0.717, 1.165) is 46.6 Å². The number of fused-ring (bicyclic) bond motifs is 1. The van der Waals surface area contributed by atoms with Gasteiger partial charge in [0.2, 0.25) is 0 Å². The van der Waals surface area contributed by atoms with E-state index in [4.69, 9.17) is 5.73 Å². The van der Waals surface area contributed by atoms with Crippen molar-refractivity contribution < 1.29 is 0 Å². The second-order valence-corrected chi connectivity index (χ2v) is 7.46. The van der Waals surface area contributed by atoms with Crippen LogP contribution >= 0.6 is 0 Å². The third-order valence-corrected chi connectivity index (χ3v) is 5.20. The van der Waals surface area contributed by atoms with Crippen LogP contribution in [0.25, 0.3) is 10.9 Å². The fourth-order valence-electron chi connectivity index (χ4n) is 3.95. The van der Waals surface area contributed by atoms with E-state index in [9.17, 15) is 0 Å². The summed E-state index contributed by atoms with van der Waals surface area (Å²) in [6.07, 6.45) is 6.68. The third-order valence-electron chi connectivity index (χ3n) is 5.20. The highest BCUT2D eigenvalue weighted by atomic mass is 15.0. The van der Waals surface area contributed by atoms with E-state index in [1.807, 2.05) is 13.1 Å². The zero-order chi connectivity index (χ0) is 18.1. The molecule has 0 aliphatic heterocycles. The maximum Gasteiger partial charge on any atom is 0.130 e. The maximum atomic E-state index is 6.32. The monoisotopic (exact) mass is 349 g/mol. The van der Waals surface area contributed by atoms with Gasteiger partial charge >= 0.3 is 0 Å². The molecule has 5 nitrogen and oxygen atoms in total. The molecule has 1 aromatic carbocycles. The van der Waals surface area contributed by atoms with Gasteiger partial charge in [-0.1, -0.05) is 12.8 Å². The van der Waals surface area contributed by atoms with E-state index in [-0.39, 0.29) is 6.04 Å². The largest absolute Gasteiger partial charge is 0.381 e. The summed E-state index contributed by atoms with van der Waals surface area (Å²) in [6.45, 7) is 4.11. The van der Waals surface area contributed by atoms with Crippen molar-refractivity contribution in [3.8, 4) is 0 Å². The number of nitrogens with one attached hydrogen (secondary N) is 3. The Balaban J connectivity index is 1.66. The molecule has 0 spiro atoms. The summed E-state index contributed by atoms with van der Waals surface area (Å²) < 4.78 is 0. The fourth-order valence-corrected chi connectivity index (χ4v) is 3.95. The minimum atomic E-state index is 0.223. The topological polar surface area (TPSA) is 78.8 Å². The van der Waals surface area contributed by atoms with E-state index in [2.05, 4.69) is 57.9 Å². The lowest BCUT2D eigenvalue weighted by atomic mass is 9.91. The smallest absolute Gasteiger partial charge is 0.130 e. The van der Waals surface area contributed by atoms with Crippen LogP contribution in [-0.4, -0.2) is 22.1 Å². The van der Waals surface area contributed by atoms with Crippen LogP contribution in [0.5, 0.6) is 0 Å². The number of pyridine rings is 1. The number of anilines is 3. The van der Waals surface area contributed by atoms with Gasteiger partial charge in [-0.25, -0.2) is 4.98 Å². The summed E-state index contributed by atoms with van der Waals surface area (Å²) in [7, 11) is 0. The normalized spacial score (nSPS) is 20.3. The fraction of sp³-hybridized carbons (Fsp3) is 0.381. The van der Waals surface area contributed by atoms with Gasteiger partial charge in [-0.2, -0.15) is 0 Å². The molecule has 0 amide bonds. The number of hydrogen-bond donors (Lipinski definition) is 4. The Morgan fingerprint density at radius 1 is 1.12 bits per heavy atom. The number of hydrogen-bond acceptors (Lipinski definition) is 4. The summed E-state index contributed by atoms with van der Waals surface area (Å²) in [4.78, 5) is 7.94. The third kappa shape index (κ3) is 3.53. The van der Waals surface area contributed by atoms with Crippen LogP contribution in [0.2, 0.25) is 0 Å². The quantitative estimate of drug-likeness (QED) is 0.555. The molecular formula is C21H27N5. The minimum absolute atomic E-state index is 0.223. The molecule has 0 radical (unpaired) electrons. The molecule has 2 heterocycles. The van der Waals surface area contributed by atoms with Crippen LogP contribution in [0.15, 0.2) is 36.5 Å². The summed E-state index contributed by atoms with van der Waals surface area (Å²) in [6, 6.07) is 11.1. The molecule has 2 aromatic heterocycles. The first-order chi connectivity index (χ1) is 12.6. The molecule has 1 saturated carbocycles. The van der Waals surface area contributed by atoms with Crippen molar-refractivity contribution in [1.82, 2.24) is 9.97 Å². The lowest BCUT2D eigenvalue weighted by molar-refractivity contribution is 0.404. The number of rotatable bonds is 4. The van der Waals surface area contributed by atoms with Gasteiger partial charge in [0, 0.05) is 40.6 Å². The molecule has 1 fully saturated rings. The predicted molar refractivity (Wildman–Crippen MR) is 109 cm³/mol. The van der Waals surface area contributed by atoms with E-state index >= 15 is 0 Å². The zero-order valence-electron chi connectivity index (χ0n) is 15.5. The molecule has 2 atom stereocenters. The average Bonchev–Trinajstić information content (AvgIpc) is 3.05.